The van der Waals surface area contributed by atoms with Gasteiger partial charge < -0.3 is 10.1 Å². The zero-order chi connectivity index (χ0) is 13.5. The summed E-state index contributed by atoms with van der Waals surface area (Å²) in [4.78, 5) is 11.5. The highest BCUT2D eigenvalue weighted by atomic mass is 16.5. The summed E-state index contributed by atoms with van der Waals surface area (Å²) in [6, 6.07) is 7.76. The Morgan fingerprint density at radius 2 is 2.06 bits per heavy atom. The smallest absolute Gasteiger partial charge is 0.244 e. The van der Waals surface area contributed by atoms with E-state index >= 15 is 0 Å². The van der Waals surface area contributed by atoms with E-state index in [1.54, 1.807) is 6.08 Å². The van der Waals surface area contributed by atoms with Gasteiger partial charge in [-0.1, -0.05) is 18.2 Å². The van der Waals surface area contributed by atoms with Crippen molar-refractivity contribution < 1.29 is 9.53 Å². The highest BCUT2D eigenvalue weighted by Gasteiger charge is 2.08. The number of amides is 1. The van der Waals surface area contributed by atoms with Gasteiger partial charge in [0.2, 0.25) is 5.91 Å². The molecule has 1 amide bonds. The Morgan fingerprint density at radius 3 is 2.67 bits per heavy atom. The van der Waals surface area contributed by atoms with E-state index in [9.17, 15) is 4.79 Å². The quantitative estimate of drug-likeness (QED) is 0.811. The summed E-state index contributed by atoms with van der Waals surface area (Å²) in [5, 5.41) is 2.90. The van der Waals surface area contributed by atoms with Crippen molar-refractivity contribution in [1.29, 1.82) is 0 Å². The summed E-state index contributed by atoms with van der Waals surface area (Å²) in [5.74, 6) is 0.745. The topological polar surface area (TPSA) is 38.3 Å². The molecule has 0 saturated heterocycles. The third kappa shape index (κ3) is 4.62. The number of carbonyl (C=O) groups excluding carboxylic acids is 1. The predicted molar refractivity (Wildman–Crippen MR) is 73.6 cm³/mol. The Labute approximate surface area is 109 Å². The number of nitrogens with one attached hydrogen (secondary N) is 1. The second-order valence-corrected chi connectivity index (χ2v) is 4.47. The molecule has 0 aliphatic carbocycles. The minimum Gasteiger partial charge on any atom is -0.491 e. The molecule has 1 N–H and O–H groups in total. The van der Waals surface area contributed by atoms with Gasteiger partial charge in [-0.05, 0) is 51.5 Å². The largest absolute Gasteiger partial charge is 0.491 e. The second kappa shape index (κ2) is 6.84. The standard InChI is InChI=1S/C15H21NO2/c1-5-7-15(17)16-12(4)13-8-6-9-14(10-13)18-11(2)3/h5-12H,1-4H3,(H,16,17). The van der Waals surface area contributed by atoms with Gasteiger partial charge in [0, 0.05) is 0 Å². The Bertz CT molecular complexity index is 424. The molecule has 98 valence electrons. The molecule has 1 unspecified atom stereocenters. The molecule has 0 saturated carbocycles. The number of benzene rings is 1. The summed E-state index contributed by atoms with van der Waals surface area (Å²) in [6.45, 7) is 7.76. The molecule has 0 aliphatic rings. The lowest BCUT2D eigenvalue weighted by Gasteiger charge is -2.15. The SMILES string of the molecule is CC=CC(=O)NC(C)c1cccc(OC(C)C)c1. The van der Waals surface area contributed by atoms with Gasteiger partial charge in [0.05, 0.1) is 12.1 Å². The van der Waals surface area contributed by atoms with Crippen LogP contribution in [0.5, 0.6) is 5.75 Å². The van der Waals surface area contributed by atoms with Gasteiger partial charge in [-0.15, -0.1) is 0 Å². The molecule has 3 nitrogen and oxygen atoms in total. The molecular formula is C15H21NO2. The van der Waals surface area contributed by atoms with Crippen LogP contribution in [-0.4, -0.2) is 12.0 Å². The highest BCUT2D eigenvalue weighted by Crippen LogP contribution is 2.20. The summed E-state index contributed by atoms with van der Waals surface area (Å²) >= 11 is 0. The fraction of sp³-hybridized carbons (Fsp3) is 0.400. The molecule has 3 heteroatoms. The first kappa shape index (κ1) is 14.3. The maximum atomic E-state index is 11.5. The predicted octanol–water partition coefficient (Wildman–Crippen LogP) is 3.23. The van der Waals surface area contributed by atoms with Gasteiger partial charge in [0.15, 0.2) is 0 Å². The van der Waals surface area contributed by atoms with E-state index in [-0.39, 0.29) is 18.1 Å². The molecule has 0 radical (unpaired) electrons. The highest BCUT2D eigenvalue weighted by molar-refractivity contribution is 5.87. The summed E-state index contributed by atoms with van der Waals surface area (Å²) < 4.78 is 5.63. The first-order valence-electron chi connectivity index (χ1n) is 6.22. The lowest BCUT2D eigenvalue weighted by Crippen LogP contribution is -2.24. The van der Waals surface area contributed by atoms with E-state index in [0.29, 0.717) is 0 Å². The van der Waals surface area contributed by atoms with E-state index in [2.05, 4.69) is 5.32 Å². The van der Waals surface area contributed by atoms with Gasteiger partial charge in [0.1, 0.15) is 5.75 Å². The van der Waals surface area contributed by atoms with Crippen molar-refractivity contribution in [1.82, 2.24) is 5.32 Å². The first-order chi connectivity index (χ1) is 8.52. The van der Waals surface area contributed by atoms with Crippen LogP contribution in [0.15, 0.2) is 36.4 Å². The number of hydrogen-bond acceptors (Lipinski definition) is 2. The third-order valence-electron chi connectivity index (χ3n) is 2.41. The molecule has 0 bridgehead atoms. The fourth-order valence-electron chi connectivity index (χ4n) is 1.63. The van der Waals surface area contributed by atoms with Gasteiger partial charge in [-0.25, -0.2) is 0 Å². The normalized spacial score (nSPS) is 12.7. The van der Waals surface area contributed by atoms with Crippen LogP contribution in [0.2, 0.25) is 0 Å². The molecule has 1 aromatic rings. The lowest BCUT2D eigenvalue weighted by molar-refractivity contribution is -0.117. The summed E-state index contributed by atoms with van der Waals surface area (Å²) in [6.07, 6.45) is 3.39. The molecule has 1 atom stereocenters. The van der Waals surface area contributed by atoms with Crippen LogP contribution in [0.25, 0.3) is 0 Å². The zero-order valence-electron chi connectivity index (χ0n) is 11.4. The first-order valence-corrected chi connectivity index (χ1v) is 6.22. The Balaban J connectivity index is 2.73. The van der Waals surface area contributed by atoms with Crippen LogP contribution < -0.4 is 10.1 Å². The monoisotopic (exact) mass is 247 g/mol. The van der Waals surface area contributed by atoms with Crippen LogP contribution in [0.1, 0.15) is 39.3 Å². The second-order valence-electron chi connectivity index (χ2n) is 4.47. The van der Waals surface area contributed by atoms with Gasteiger partial charge >= 0.3 is 0 Å². The van der Waals surface area contributed by atoms with Crippen molar-refractivity contribution >= 4 is 5.91 Å². The van der Waals surface area contributed by atoms with Crippen molar-refractivity contribution in [2.75, 3.05) is 0 Å². The van der Waals surface area contributed by atoms with Gasteiger partial charge in [-0.3, -0.25) is 4.79 Å². The fourth-order valence-corrected chi connectivity index (χ4v) is 1.63. The van der Waals surface area contributed by atoms with Crippen LogP contribution >= 0.6 is 0 Å². The molecular weight excluding hydrogens is 226 g/mol. The molecule has 18 heavy (non-hydrogen) atoms. The van der Waals surface area contributed by atoms with E-state index in [1.165, 1.54) is 6.08 Å². The van der Waals surface area contributed by atoms with Crippen molar-refractivity contribution in [2.45, 2.75) is 39.8 Å². The average molecular weight is 247 g/mol. The minimum absolute atomic E-state index is 0.0376. The molecule has 1 aromatic carbocycles. The van der Waals surface area contributed by atoms with Gasteiger partial charge in [-0.2, -0.15) is 0 Å². The minimum atomic E-state index is -0.0832. The van der Waals surface area contributed by atoms with Crippen LogP contribution in [0, 0.1) is 0 Å². The summed E-state index contributed by atoms with van der Waals surface area (Å²) in [5.41, 5.74) is 1.03. The van der Waals surface area contributed by atoms with Crippen molar-refractivity contribution in [2.24, 2.45) is 0 Å². The van der Waals surface area contributed by atoms with Crippen molar-refractivity contribution in [3.63, 3.8) is 0 Å². The van der Waals surface area contributed by atoms with Crippen LogP contribution in [0.4, 0.5) is 0 Å². The Hall–Kier alpha value is -1.77. The zero-order valence-corrected chi connectivity index (χ0v) is 11.4. The number of ether oxygens (including phenoxy) is 1. The van der Waals surface area contributed by atoms with Crippen molar-refractivity contribution in [3.8, 4) is 5.75 Å². The number of allylic oxidation sites excluding steroid dienone is 1. The van der Waals surface area contributed by atoms with Crippen LogP contribution in [0.3, 0.4) is 0 Å². The Kier molecular flexibility index (Phi) is 5.43. The third-order valence-corrected chi connectivity index (χ3v) is 2.41. The Morgan fingerprint density at radius 1 is 1.33 bits per heavy atom. The van der Waals surface area contributed by atoms with Crippen LogP contribution in [-0.2, 0) is 4.79 Å². The van der Waals surface area contributed by atoms with E-state index in [0.717, 1.165) is 11.3 Å². The number of hydrogen-bond donors (Lipinski definition) is 1. The van der Waals surface area contributed by atoms with E-state index < -0.39 is 0 Å². The summed E-state index contributed by atoms with van der Waals surface area (Å²) in [7, 11) is 0. The number of rotatable bonds is 5. The molecule has 1 rings (SSSR count). The van der Waals surface area contributed by atoms with Crippen molar-refractivity contribution in [3.05, 3.63) is 42.0 Å². The van der Waals surface area contributed by atoms with E-state index in [1.807, 2.05) is 52.0 Å². The lowest BCUT2D eigenvalue weighted by atomic mass is 10.1. The maximum Gasteiger partial charge on any atom is 0.244 e. The molecule has 0 aliphatic heterocycles. The molecule has 0 heterocycles. The maximum absolute atomic E-state index is 11.5. The number of carbonyl (C=O) groups is 1. The van der Waals surface area contributed by atoms with E-state index in [4.69, 9.17) is 4.74 Å². The molecule has 0 fully saturated rings. The van der Waals surface area contributed by atoms with Gasteiger partial charge in [0.25, 0.3) is 0 Å². The average Bonchev–Trinajstić information content (AvgIpc) is 2.28. The molecule has 0 aromatic heterocycles. The molecule has 0 spiro atoms.